The molecule has 124 valence electrons. The Bertz CT molecular complexity index is 553. The maximum absolute atomic E-state index is 12.6. The summed E-state index contributed by atoms with van der Waals surface area (Å²) in [5.41, 5.74) is 1.21. The highest BCUT2D eigenvalue weighted by Crippen LogP contribution is 2.31. The van der Waals surface area contributed by atoms with Gasteiger partial charge in [0.05, 0.1) is 6.04 Å². The fourth-order valence-corrected chi connectivity index (χ4v) is 3.63. The summed E-state index contributed by atoms with van der Waals surface area (Å²) in [4.78, 5) is 27.8. The Morgan fingerprint density at radius 3 is 2.39 bits per heavy atom. The lowest BCUT2D eigenvalue weighted by Gasteiger charge is -2.33. The molecule has 1 aromatic rings. The van der Waals surface area contributed by atoms with E-state index in [1.165, 1.54) is 5.56 Å². The number of carbonyl (C=O) groups is 2. The lowest BCUT2D eigenvalue weighted by Crippen LogP contribution is -2.49. The monoisotopic (exact) mass is 315 g/mol. The number of nitrogens with zero attached hydrogens (tertiary/aromatic N) is 2. The number of piperidine rings is 1. The minimum absolute atomic E-state index is 0.0395. The van der Waals surface area contributed by atoms with E-state index < -0.39 is 0 Å². The summed E-state index contributed by atoms with van der Waals surface area (Å²) >= 11 is 0. The summed E-state index contributed by atoms with van der Waals surface area (Å²) in [7, 11) is 0. The highest BCUT2D eigenvalue weighted by atomic mass is 16.2. The quantitative estimate of drug-likeness (QED) is 0.912. The maximum atomic E-state index is 12.6. The number of amides is 3. The molecule has 3 amide bonds. The first-order chi connectivity index (χ1) is 11.1. The molecule has 0 aliphatic carbocycles. The van der Waals surface area contributed by atoms with Crippen LogP contribution in [0.15, 0.2) is 30.3 Å². The predicted molar refractivity (Wildman–Crippen MR) is 88.9 cm³/mol. The van der Waals surface area contributed by atoms with E-state index in [2.05, 4.69) is 17.4 Å². The first-order valence-electron chi connectivity index (χ1n) is 8.53. The van der Waals surface area contributed by atoms with Gasteiger partial charge >= 0.3 is 6.03 Å². The van der Waals surface area contributed by atoms with Crippen molar-refractivity contribution in [1.29, 1.82) is 0 Å². The SMILES string of the molecule is CC(=O)N1CCC(NC(=O)N2CCC[C@H]2c2ccccc2)CC1. The fraction of sp³-hybridized carbons (Fsp3) is 0.556. The molecule has 5 heteroatoms. The van der Waals surface area contributed by atoms with Gasteiger partial charge < -0.3 is 15.1 Å². The van der Waals surface area contributed by atoms with Gasteiger partial charge in [-0.3, -0.25) is 4.79 Å². The van der Waals surface area contributed by atoms with E-state index in [0.717, 1.165) is 45.3 Å². The second kappa shape index (κ2) is 7.02. The molecule has 0 spiro atoms. The summed E-state index contributed by atoms with van der Waals surface area (Å²) in [6, 6.07) is 10.7. The van der Waals surface area contributed by atoms with Crippen LogP contribution in [0.5, 0.6) is 0 Å². The molecular weight excluding hydrogens is 290 g/mol. The van der Waals surface area contributed by atoms with Crippen LogP contribution in [0.1, 0.15) is 44.2 Å². The summed E-state index contributed by atoms with van der Waals surface area (Å²) < 4.78 is 0. The zero-order chi connectivity index (χ0) is 16.2. The molecule has 3 rings (SSSR count). The van der Waals surface area contributed by atoms with E-state index in [0.29, 0.717) is 0 Å². The van der Waals surface area contributed by atoms with Crippen molar-refractivity contribution >= 4 is 11.9 Å². The molecule has 1 N–H and O–H groups in total. The normalized spacial score (nSPS) is 22.2. The highest BCUT2D eigenvalue weighted by molar-refractivity contribution is 5.76. The Labute approximate surface area is 137 Å². The zero-order valence-corrected chi connectivity index (χ0v) is 13.7. The van der Waals surface area contributed by atoms with E-state index in [1.807, 2.05) is 28.0 Å². The molecule has 0 aromatic heterocycles. The zero-order valence-electron chi connectivity index (χ0n) is 13.7. The summed E-state index contributed by atoms with van der Waals surface area (Å²) in [6.07, 6.45) is 3.76. The van der Waals surface area contributed by atoms with Crippen molar-refractivity contribution in [2.24, 2.45) is 0 Å². The number of benzene rings is 1. The molecular formula is C18H25N3O2. The van der Waals surface area contributed by atoms with Crippen LogP contribution in [-0.2, 0) is 4.79 Å². The molecule has 1 atom stereocenters. The number of urea groups is 1. The number of likely N-dealkylation sites (tertiary alicyclic amines) is 2. The Balaban J connectivity index is 1.57. The van der Waals surface area contributed by atoms with Gasteiger partial charge in [-0.1, -0.05) is 30.3 Å². The predicted octanol–water partition coefficient (Wildman–Crippen LogP) is 2.54. The largest absolute Gasteiger partial charge is 0.343 e. The second-order valence-electron chi connectivity index (χ2n) is 6.49. The van der Waals surface area contributed by atoms with E-state index >= 15 is 0 Å². The van der Waals surface area contributed by atoms with Crippen molar-refractivity contribution < 1.29 is 9.59 Å². The van der Waals surface area contributed by atoms with Gasteiger partial charge in [0.2, 0.25) is 5.91 Å². The number of carbonyl (C=O) groups excluding carboxylic acids is 2. The van der Waals surface area contributed by atoms with Gasteiger partial charge in [0.1, 0.15) is 0 Å². The van der Waals surface area contributed by atoms with Crippen molar-refractivity contribution in [3.63, 3.8) is 0 Å². The third-order valence-electron chi connectivity index (χ3n) is 4.97. The number of rotatable bonds is 2. The Kier molecular flexibility index (Phi) is 4.84. The Morgan fingerprint density at radius 2 is 1.74 bits per heavy atom. The van der Waals surface area contributed by atoms with Gasteiger partial charge in [0.25, 0.3) is 0 Å². The van der Waals surface area contributed by atoms with Crippen molar-refractivity contribution in [3.05, 3.63) is 35.9 Å². The van der Waals surface area contributed by atoms with Gasteiger partial charge in [-0.15, -0.1) is 0 Å². The van der Waals surface area contributed by atoms with Crippen molar-refractivity contribution in [1.82, 2.24) is 15.1 Å². The molecule has 0 bridgehead atoms. The van der Waals surface area contributed by atoms with Gasteiger partial charge in [0.15, 0.2) is 0 Å². The van der Waals surface area contributed by atoms with Crippen LogP contribution in [0.4, 0.5) is 4.79 Å². The third kappa shape index (κ3) is 3.66. The van der Waals surface area contributed by atoms with E-state index in [4.69, 9.17) is 0 Å². The van der Waals surface area contributed by atoms with E-state index in [9.17, 15) is 9.59 Å². The molecule has 0 saturated carbocycles. The Hall–Kier alpha value is -2.04. The van der Waals surface area contributed by atoms with Crippen molar-refractivity contribution in [3.8, 4) is 0 Å². The van der Waals surface area contributed by atoms with Crippen LogP contribution in [0.25, 0.3) is 0 Å². The van der Waals surface area contributed by atoms with Gasteiger partial charge in [-0.05, 0) is 31.2 Å². The molecule has 0 unspecified atom stereocenters. The average molecular weight is 315 g/mol. The smallest absolute Gasteiger partial charge is 0.318 e. The summed E-state index contributed by atoms with van der Waals surface area (Å²) in [5, 5.41) is 3.17. The molecule has 2 aliphatic rings. The van der Waals surface area contributed by atoms with E-state index in [-0.39, 0.29) is 24.0 Å². The standard InChI is InChI=1S/C18H25N3O2/c1-14(22)20-12-9-16(10-13-20)19-18(23)21-11-5-8-17(21)15-6-3-2-4-7-15/h2-4,6-7,16-17H,5,8-13H2,1H3,(H,19,23)/t17-/m0/s1. The number of hydrogen-bond acceptors (Lipinski definition) is 2. The van der Waals surface area contributed by atoms with Crippen LogP contribution in [0.2, 0.25) is 0 Å². The van der Waals surface area contributed by atoms with Crippen molar-refractivity contribution in [2.75, 3.05) is 19.6 Å². The highest BCUT2D eigenvalue weighted by Gasteiger charge is 2.31. The molecule has 23 heavy (non-hydrogen) atoms. The van der Waals surface area contributed by atoms with Gasteiger partial charge in [-0.25, -0.2) is 4.79 Å². The minimum Gasteiger partial charge on any atom is -0.343 e. The molecule has 2 saturated heterocycles. The summed E-state index contributed by atoms with van der Waals surface area (Å²) in [5.74, 6) is 0.124. The lowest BCUT2D eigenvalue weighted by atomic mass is 10.0. The molecule has 2 heterocycles. The summed E-state index contributed by atoms with van der Waals surface area (Å²) in [6.45, 7) is 3.90. The second-order valence-corrected chi connectivity index (χ2v) is 6.49. The minimum atomic E-state index is 0.0395. The van der Waals surface area contributed by atoms with Crippen LogP contribution in [0.3, 0.4) is 0 Å². The van der Waals surface area contributed by atoms with Crippen molar-refractivity contribution in [2.45, 2.75) is 44.7 Å². The molecule has 2 aliphatic heterocycles. The van der Waals surface area contributed by atoms with Crippen LogP contribution in [-0.4, -0.2) is 47.4 Å². The van der Waals surface area contributed by atoms with Gasteiger partial charge in [0, 0.05) is 32.6 Å². The first-order valence-corrected chi connectivity index (χ1v) is 8.53. The Morgan fingerprint density at radius 1 is 1.04 bits per heavy atom. The number of nitrogens with one attached hydrogen (secondary N) is 1. The van der Waals surface area contributed by atoms with Crippen LogP contribution >= 0.6 is 0 Å². The van der Waals surface area contributed by atoms with Crippen LogP contribution in [0, 0.1) is 0 Å². The van der Waals surface area contributed by atoms with Crippen LogP contribution < -0.4 is 5.32 Å². The topological polar surface area (TPSA) is 52.7 Å². The molecule has 0 radical (unpaired) electrons. The number of hydrogen-bond donors (Lipinski definition) is 1. The fourth-order valence-electron chi connectivity index (χ4n) is 3.63. The maximum Gasteiger partial charge on any atom is 0.318 e. The lowest BCUT2D eigenvalue weighted by molar-refractivity contribution is -0.129. The average Bonchev–Trinajstić information content (AvgIpc) is 3.06. The van der Waals surface area contributed by atoms with E-state index in [1.54, 1.807) is 6.92 Å². The third-order valence-corrected chi connectivity index (χ3v) is 4.97. The molecule has 2 fully saturated rings. The molecule has 5 nitrogen and oxygen atoms in total. The first kappa shape index (κ1) is 15.8. The molecule has 1 aromatic carbocycles. The van der Waals surface area contributed by atoms with Gasteiger partial charge in [-0.2, -0.15) is 0 Å².